The number of oxazole rings is 1. The van der Waals surface area contributed by atoms with Crippen LogP contribution in [-0.2, 0) is 13.0 Å². The number of anilines is 1. The number of nitrogens with zero attached hydrogens (tertiary/aromatic N) is 4. The van der Waals surface area contributed by atoms with E-state index in [-0.39, 0.29) is 5.91 Å². The Morgan fingerprint density at radius 1 is 1.06 bits per heavy atom. The standard InChI is InChI=1S/C27H30N6O2/c1-20-25(18-32-13-15-33(16-14-32)24-5-3-2-4-6-24)31-27(35-20)22-9-7-21(8-10-22)26(34)29-12-11-23-17-28-19-30-23/h2-10,17,19H,11-16,18H2,1H3,(H,28,30)(H,29,34). The van der Waals surface area contributed by atoms with E-state index >= 15 is 0 Å². The first-order valence-electron chi connectivity index (χ1n) is 12.0. The Bertz CT molecular complexity index is 1230. The fraction of sp³-hybridized carbons (Fsp3) is 0.296. The Hall–Kier alpha value is -3.91. The summed E-state index contributed by atoms with van der Waals surface area (Å²) in [6.45, 7) is 7.26. The van der Waals surface area contributed by atoms with Crippen LogP contribution in [0.5, 0.6) is 0 Å². The van der Waals surface area contributed by atoms with Gasteiger partial charge in [-0.05, 0) is 43.3 Å². The molecule has 2 N–H and O–H groups in total. The third kappa shape index (κ3) is 5.60. The summed E-state index contributed by atoms with van der Waals surface area (Å²) in [5, 5.41) is 2.93. The van der Waals surface area contributed by atoms with Crippen LogP contribution in [0.4, 0.5) is 5.69 Å². The number of para-hydroxylation sites is 1. The van der Waals surface area contributed by atoms with Gasteiger partial charge in [0.2, 0.25) is 5.89 Å². The summed E-state index contributed by atoms with van der Waals surface area (Å²) in [6, 6.07) is 17.9. The number of hydrogen-bond donors (Lipinski definition) is 2. The SMILES string of the molecule is Cc1oc(-c2ccc(C(=O)NCCc3cnc[nH]3)cc2)nc1CN1CCN(c2ccccc2)CC1. The molecule has 2 aromatic heterocycles. The first-order chi connectivity index (χ1) is 17.2. The normalized spacial score (nSPS) is 14.3. The molecule has 2 aromatic carbocycles. The Morgan fingerprint density at radius 2 is 1.83 bits per heavy atom. The number of rotatable bonds is 8. The minimum atomic E-state index is -0.102. The second kappa shape index (κ2) is 10.6. The van der Waals surface area contributed by atoms with Crippen LogP contribution in [0.25, 0.3) is 11.5 Å². The van der Waals surface area contributed by atoms with E-state index in [1.165, 1.54) is 5.69 Å². The van der Waals surface area contributed by atoms with Crippen LogP contribution in [0.15, 0.2) is 71.5 Å². The highest BCUT2D eigenvalue weighted by molar-refractivity contribution is 5.94. The van der Waals surface area contributed by atoms with Crippen molar-refractivity contribution < 1.29 is 9.21 Å². The Morgan fingerprint density at radius 3 is 2.54 bits per heavy atom. The van der Waals surface area contributed by atoms with Crippen LogP contribution in [0, 0.1) is 6.92 Å². The third-order valence-electron chi connectivity index (χ3n) is 6.39. The maximum atomic E-state index is 12.4. The quantitative estimate of drug-likeness (QED) is 0.408. The van der Waals surface area contributed by atoms with Gasteiger partial charge in [0.1, 0.15) is 5.76 Å². The maximum Gasteiger partial charge on any atom is 0.251 e. The number of aryl methyl sites for hydroxylation is 1. The summed E-state index contributed by atoms with van der Waals surface area (Å²) in [7, 11) is 0. The van der Waals surface area contributed by atoms with E-state index < -0.39 is 0 Å². The second-order valence-electron chi connectivity index (χ2n) is 8.78. The van der Waals surface area contributed by atoms with Crippen molar-refractivity contribution in [2.24, 2.45) is 0 Å². The minimum absolute atomic E-state index is 0.102. The summed E-state index contributed by atoms with van der Waals surface area (Å²) >= 11 is 0. The lowest BCUT2D eigenvalue weighted by molar-refractivity contribution is 0.0954. The highest BCUT2D eigenvalue weighted by Gasteiger charge is 2.20. The molecule has 3 heterocycles. The van der Waals surface area contributed by atoms with Gasteiger partial charge in [0.25, 0.3) is 5.91 Å². The molecule has 180 valence electrons. The molecule has 5 rings (SSSR count). The molecule has 1 saturated heterocycles. The first kappa shape index (κ1) is 22.9. The van der Waals surface area contributed by atoms with Gasteiger partial charge in [-0.15, -0.1) is 0 Å². The molecule has 1 fully saturated rings. The minimum Gasteiger partial charge on any atom is -0.441 e. The van der Waals surface area contributed by atoms with Crippen molar-refractivity contribution in [2.45, 2.75) is 19.9 Å². The molecule has 8 nitrogen and oxygen atoms in total. The largest absolute Gasteiger partial charge is 0.441 e. The third-order valence-corrected chi connectivity index (χ3v) is 6.39. The molecule has 1 aliphatic heterocycles. The molecule has 1 amide bonds. The fourth-order valence-electron chi connectivity index (χ4n) is 4.31. The zero-order valence-electron chi connectivity index (χ0n) is 19.9. The smallest absolute Gasteiger partial charge is 0.251 e. The van der Waals surface area contributed by atoms with Crippen molar-refractivity contribution in [3.63, 3.8) is 0 Å². The van der Waals surface area contributed by atoms with E-state index in [4.69, 9.17) is 9.40 Å². The molecule has 8 heteroatoms. The van der Waals surface area contributed by atoms with E-state index in [2.05, 4.69) is 55.4 Å². The van der Waals surface area contributed by atoms with Crippen molar-refractivity contribution in [3.05, 3.63) is 89.8 Å². The Labute approximate surface area is 205 Å². The highest BCUT2D eigenvalue weighted by atomic mass is 16.4. The first-order valence-corrected chi connectivity index (χ1v) is 12.0. The number of H-pyrrole nitrogens is 1. The van der Waals surface area contributed by atoms with Crippen molar-refractivity contribution in [2.75, 3.05) is 37.6 Å². The molecular weight excluding hydrogens is 440 g/mol. The number of carbonyl (C=O) groups excluding carboxylic acids is 1. The Balaban J connectivity index is 1.15. The highest BCUT2D eigenvalue weighted by Crippen LogP contribution is 2.24. The van der Waals surface area contributed by atoms with Crippen molar-refractivity contribution in [3.8, 4) is 11.5 Å². The number of aromatic nitrogens is 3. The molecule has 0 radical (unpaired) electrons. The van der Waals surface area contributed by atoms with Crippen molar-refractivity contribution in [1.82, 2.24) is 25.2 Å². The monoisotopic (exact) mass is 470 g/mol. The van der Waals surface area contributed by atoms with Gasteiger partial charge in [-0.2, -0.15) is 0 Å². The van der Waals surface area contributed by atoms with Gasteiger partial charge in [-0.3, -0.25) is 9.69 Å². The van der Waals surface area contributed by atoms with E-state index in [1.54, 1.807) is 12.5 Å². The Kier molecular flexibility index (Phi) is 6.90. The number of hydrogen-bond acceptors (Lipinski definition) is 6. The number of benzene rings is 2. The summed E-state index contributed by atoms with van der Waals surface area (Å²) in [4.78, 5) is 29.1. The van der Waals surface area contributed by atoms with Gasteiger partial charge in [0.15, 0.2) is 0 Å². The molecule has 0 atom stereocenters. The summed E-state index contributed by atoms with van der Waals surface area (Å²) < 4.78 is 5.98. The average molecular weight is 471 g/mol. The lowest BCUT2D eigenvalue weighted by atomic mass is 10.1. The number of piperazine rings is 1. The molecule has 35 heavy (non-hydrogen) atoms. The molecular formula is C27H30N6O2. The van der Waals surface area contributed by atoms with Crippen LogP contribution in [0.1, 0.15) is 27.5 Å². The summed E-state index contributed by atoms with van der Waals surface area (Å²) in [5.74, 6) is 1.33. The maximum absolute atomic E-state index is 12.4. The van der Waals surface area contributed by atoms with Gasteiger partial charge in [0, 0.05) is 74.4 Å². The predicted molar refractivity (Wildman–Crippen MR) is 135 cm³/mol. The van der Waals surface area contributed by atoms with Crippen LogP contribution < -0.4 is 10.2 Å². The second-order valence-corrected chi connectivity index (χ2v) is 8.78. The van der Waals surface area contributed by atoms with Gasteiger partial charge < -0.3 is 19.6 Å². The van der Waals surface area contributed by atoms with Crippen LogP contribution in [0.2, 0.25) is 0 Å². The fourth-order valence-corrected chi connectivity index (χ4v) is 4.31. The van der Waals surface area contributed by atoms with Gasteiger partial charge in [-0.1, -0.05) is 18.2 Å². The van der Waals surface area contributed by atoms with Crippen molar-refractivity contribution >= 4 is 11.6 Å². The molecule has 0 bridgehead atoms. The van der Waals surface area contributed by atoms with Crippen LogP contribution >= 0.6 is 0 Å². The number of amides is 1. The molecule has 0 spiro atoms. The topological polar surface area (TPSA) is 90.3 Å². The van der Waals surface area contributed by atoms with E-state index in [1.807, 2.05) is 31.2 Å². The van der Waals surface area contributed by atoms with E-state index in [0.717, 1.165) is 55.4 Å². The van der Waals surface area contributed by atoms with Crippen LogP contribution in [0.3, 0.4) is 0 Å². The lowest BCUT2D eigenvalue weighted by Gasteiger charge is -2.35. The predicted octanol–water partition coefficient (Wildman–Crippen LogP) is 3.67. The molecule has 0 saturated carbocycles. The van der Waals surface area contributed by atoms with Gasteiger partial charge in [0.05, 0.1) is 12.0 Å². The summed E-state index contributed by atoms with van der Waals surface area (Å²) in [6.07, 6.45) is 4.11. The van der Waals surface area contributed by atoms with Gasteiger partial charge in [-0.25, -0.2) is 9.97 Å². The number of imidazole rings is 1. The van der Waals surface area contributed by atoms with E-state index in [0.29, 0.717) is 24.4 Å². The average Bonchev–Trinajstić information content (AvgIpc) is 3.55. The number of aromatic amines is 1. The van der Waals surface area contributed by atoms with Gasteiger partial charge >= 0.3 is 0 Å². The van der Waals surface area contributed by atoms with E-state index in [9.17, 15) is 4.79 Å². The number of nitrogens with one attached hydrogen (secondary N) is 2. The zero-order valence-corrected chi connectivity index (χ0v) is 19.9. The molecule has 1 aliphatic rings. The molecule has 0 unspecified atom stereocenters. The van der Waals surface area contributed by atoms with Crippen LogP contribution in [-0.4, -0.2) is 58.5 Å². The lowest BCUT2D eigenvalue weighted by Crippen LogP contribution is -2.46. The van der Waals surface area contributed by atoms with Crippen molar-refractivity contribution in [1.29, 1.82) is 0 Å². The molecule has 4 aromatic rings. The molecule has 0 aliphatic carbocycles. The zero-order chi connectivity index (χ0) is 24.0. The summed E-state index contributed by atoms with van der Waals surface area (Å²) in [5.41, 5.74) is 4.71. The number of carbonyl (C=O) groups is 1.